The Hall–Kier alpha value is -1.89. The van der Waals surface area contributed by atoms with E-state index in [0.717, 1.165) is 0 Å². The largest absolute Gasteiger partial charge is 0.476 e. The molecule has 2 aromatic rings. The van der Waals surface area contributed by atoms with Crippen molar-refractivity contribution in [2.45, 2.75) is 6.42 Å². The molecule has 2 N–H and O–H groups in total. The lowest BCUT2D eigenvalue weighted by Gasteiger charge is -2.03. The number of anilines is 1. The summed E-state index contributed by atoms with van der Waals surface area (Å²) >= 11 is 0. The molecule has 2 rings (SSSR count). The van der Waals surface area contributed by atoms with Gasteiger partial charge < -0.3 is 10.4 Å². The van der Waals surface area contributed by atoms with Crippen LogP contribution in [0.15, 0.2) is 24.4 Å². The highest BCUT2D eigenvalue weighted by atomic mass is 32.2. The minimum atomic E-state index is -1.03. The van der Waals surface area contributed by atoms with Gasteiger partial charge in [0.2, 0.25) is 0 Å². The summed E-state index contributed by atoms with van der Waals surface area (Å²) in [4.78, 5) is 15.5. The van der Waals surface area contributed by atoms with Gasteiger partial charge in [-0.1, -0.05) is 6.07 Å². The average molecular weight is 281 g/mol. The number of nitrogens with one attached hydrogen (secondary N) is 1. The van der Waals surface area contributed by atoms with Gasteiger partial charge in [0.1, 0.15) is 5.65 Å². The van der Waals surface area contributed by atoms with Crippen LogP contribution in [0.2, 0.25) is 0 Å². The molecule has 0 aromatic carbocycles. The molecular weight excluding hydrogens is 266 g/mol. The highest BCUT2D eigenvalue weighted by Crippen LogP contribution is 2.17. The maximum absolute atomic E-state index is 11.3. The molecule has 0 saturated carbocycles. The average Bonchev–Trinajstić information content (AvgIpc) is 2.72. The Labute approximate surface area is 112 Å². The lowest BCUT2D eigenvalue weighted by Crippen LogP contribution is -2.10. The topological polar surface area (TPSA) is 83.7 Å². The summed E-state index contributed by atoms with van der Waals surface area (Å²) in [6, 6.07) is 5.31. The number of pyridine rings is 1. The summed E-state index contributed by atoms with van der Waals surface area (Å²) < 4.78 is 12.5. The molecule has 7 heteroatoms. The lowest BCUT2D eigenvalue weighted by molar-refractivity contribution is 0.0690. The van der Waals surface area contributed by atoms with Crippen LogP contribution in [-0.2, 0) is 10.8 Å². The van der Waals surface area contributed by atoms with Crippen molar-refractivity contribution < 1.29 is 14.1 Å². The second-order valence-corrected chi connectivity index (χ2v) is 5.66. The number of rotatable bonds is 6. The first-order valence-electron chi connectivity index (χ1n) is 5.84. The number of imidazole rings is 1. The van der Waals surface area contributed by atoms with Gasteiger partial charge in [0.05, 0.1) is 0 Å². The van der Waals surface area contributed by atoms with Crippen LogP contribution in [0.25, 0.3) is 5.65 Å². The van der Waals surface area contributed by atoms with E-state index in [1.54, 1.807) is 30.7 Å². The van der Waals surface area contributed by atoms with Gasteiger partial charge in [0.25, 0.3) is 0 Å². The molecule has 0 radical (unpaired) electrons. The van der Waals surface area contributed by atoms with Crippen LogP contribution < -0.4 is 5.32 Å². The molecule has 0 bridgehead atoms. The third-order valence-electron chi connectivity index (χ3n) is 2.63. The van der Waals surface area contributed by atoms with Crippen molar-refractivity contribution in [3.05, 3.63) is 30.1 Å². The predicted octanol–water partition coefficient (Wildman–Crippen LogP) is 1.21. The Balaban J connectivity index is 2.20. The molecule has 1 atom stereocenters. The summed E-state index contributed by atoms with van der Waals surface area (Å²) in [5, 5.41) is 12.2. The predicted molar refractivity (Wildman–Crippen MR) is 74.2 cm³/mol. The minimum absolute atomic E-state index is 0.119. The number of hydrogen-bond acceptors (Lipinski definition) is 4. The Morgan fingerprint density at radius 3 is 3.00 bits per heavy atom. The first-order valence-corrected chi connectivity index (χ1v) is 7.56. The Bertz CT molecular complexity index is 624. The highest BCUT2D eigenvalue weighted by molar-refractivity contribution is 7.84. The van der Waals surface area contributed by atoms with Crippen LogP contribution in [0.5, 0.6) is 0 Å². The van der Waals surface area contributed by atoms with Gasteiger partial charge in [-0.2, -0.15) is 0 Å². The van der Waals surface area contributed by atoms with E-state index in [9.17, 15) is 14.1 Å². The summed E-state index contributed by atoms with van der Waals surface area (Å²) in [7, 11) is -0.834. The molecule has 2 heterocycles. The van der Waals surface area contributed by atoms with Crippen molar-refractivity contribution in [2.24, 2.45) is 0 Å². The molecule has 102 valence electrons. The van der Waals surface area contributed by atoms with E-state index in [4.69, 9.17) is 0 Å². The van der Waals surface area contributed by atoms with Crippen LogP contribution in [0.4, 0.5) is 5.82 Å². The van der Waals surface area contributed by atoms with Crippen LogP contribution in [0, 0.1) is 0 Å². The fraction of sp³-hybridized carbons (Fsp3) is 0.333. The molecule has 1 unspecified atom stereocenters. The zero-order valence-electron chi connectivity index (χ0n) is 10.5. The van der Waals surface area contributed by atoms with E-state index in [1.807, 2.05) is 0 Å². The number of aromatic nitrogens is 2. The van der Waals surface area contributed by atoms with E-state index < -0.39 is 16.8 Å². The van der Waals surface area contributed by atoms with Crippen molar-refractivity contribution in [1.29, 1.82) is 0 Å². The Kier molecular flexibility index (Phi) is 4.16. The van der Waals surface area contributed by atoms with Gasteiger partial charge in [-0.3, -0.25) is 8.61 Å². The normalized spacial score (nSPS) is 12.5. The van der Waals surface area contributed by atoms with Gasteiger partial charge >= 0.3 is 5.97 Å². The van der Waals surface area contributed by atoms with Crippen molar-refractivity contribution in [1.82, 2.24) is 9.38 Å². The van der Waals surface area contributed by atoms with Crippen LogP contribution in [0.1, 0.15) is 16.9 Å². The minimum Gasteiger partial charge on any atom is -0.476 e. The van der Waals surface area contributed by atoms with Crippen LogP contribution >= 0.6 is 0 Å². The fourth-order valence-corrected chi connectivity index (χ4v) is 2.36. The summed E-state index contributed by atoms with van der Waals surface area (Å²) in [5.41, 5.74) is 0.703. The third-order valence-corrected chi connectivity index (χ3v) is 3.50. The molecule has 19 heavy (non-hydrogen) atoms. The van der Waals surface area contributed by atoms with E-state index in [1.165, 1.54) is 4.40 Å². The number of carboxylic acids is 1. The van der Waals surface area contributed by atoms with Crippen LogP contribution in [0.3, 0.4) is 0 Å². The molecule has 0 saturated heterocycles. The van der Waals surface area contributed by atoms with E-state index in [0.29, 0.717) is 30.2 Å². The SMILES string of the molecule is CS(=O)CCCNc1nc2ccccn2c1C(=O)O. The first kappa shape index (κ1) is 13.5. The monoisotopic (exact) mass is 281 g/mol. The third kappa shape index (κ3) is 3.11. The lowest BCUT2D eigenvalue weighted by atomic mass is 10.4. The fourth-order valence-electron chi connectivity index (χ4n) is 1.81. The maximum Gasteiger partial charge on any atom is 0.356 e. The van der Waals surface area contributed by atoms with Crippen molar-refractivity contribution >= 4 is 28.2 Å². The number of fused-ring (bicyclic) bond motifs is 1. The molecule has 0 amide bonds. The van der Waals surface area contributed by atoms with Crippen LogP contribution in [-0.4, -0.2) is 43.2 Å². The van der Waals surface area contributed by atoms with Gasteiger partial charge in [-0.25, -0.2) is 9.78 Å². The molecule has 0 spiro atoms. The quantitative estimate of drug-likeness (QED) is 0.778. The molecular formula is C12H15N3O3S. The van der Waals surface area contributed by atoms with Crippen molar-refractivity contribution in [3.63, 3.8) is 0 Å². The van der Waals surface area contributed by atoms with Crippen molar-refractivity contribution in [3.8, 4) is 0 Å². The Morgan fingerprint density at radius 1 is 1.53 bits per heavy atom. The summed E-state index contributed by atoms with van der Waals surface area (Å²) in [6.07, 6.45) is 4.02. The summed E-state index contributed by atoms with van der Waals surface area (Å²) in [6.45, 7) is 0.545. The number of carbonyl (C=O) groups is 1. The van der Waals surface area contributed by atoms with Crippen molar-refractivity contribution in [2.75, 3.05) is 23.9 Å². The molecule has 6 nitrogen and oxygen atoms in total. The molecule has 0 aliphatic heterocycles. The van der Waals surface area contributed by atoms with E-state index in [2.05, 4.69) is 10.3 Å². The van der Waals surface area contributed by atoms with E-state index in [-0.39, 0.29) is 5.69 Å². The number of aromatic carboxylic acids is 1. The number of nitrogens with zero attached hydrogens (tertiary/aromatic N) is 2. The molecule has 0 fully saturated rings. The van der Waals surface area contributed by atoms with E-state index >= 15 is 0 Å². The standard InChI is InChI=1S/C12H15N3O3S/c1-19(18)8-4-6-13-11-10(12(16)17)15-7-3-2-5-9(15)14-11/h2-3,5,7,13H,4,6,8H2,1H3,(H,16,17). The highest BCUT2D eigenvalue weighted by Gasteiger charge is 2.17. The second kappa shape index (κ2) is 5.83. The van der Waals surface area contributed by atoms with Gasteiger partial charge in [0, 0.05) is 35.5 Å². The zero-order chi connectivity index (χ0) is 13.8. The van der Waals surface area contributed by atoms with Gasteiger partial charge in [0.15, 0.2) is 11.5 Å². The van der Waals surface area contributed by atoms with Gasteiger partial charge in [-0.05, 0) is 18.6 Å². The Morgan fingerprint density at radius 2 is 2.32 bits per heavy atom. The smallest absolute Gasteiger partial charge is 0.356 e. The number of carboxylic acid groups (broad SMARTS) is 1. The molecule has 0 aliphatic rings. The zero-order valence-corrected chi connectivity index (χ0v) is 11.3. The summed E-state index contributed by atoms with van der Waals surface area (Å²) in [5.74, 6) is -0.0937. The second-order valence-electron chi connectivity index (χ2n) is 4.10. The number of hydrogen-bond donors (Lipinski definition) is 2. The maximum atomic E-state index is 11.3. The molecule has 0 aliphatic carbocycles. The first-order chi connectivity index (χ1) is 9.09. The molecule has 2 aromatic heterocycles. The van der Waals surface area contributed by atoms with Gasteiger partial charge in [-0.15, -0.1) is 0 Å².